The van der Waals surface area contributed by atoms with E-state index >= 15 is 0 Å². The summed E-state index contributed by atoms with van der Waals surface area (Å²) in [5.74, 6) is 3.68. The van der Waals surface area contributed by atoms with E-state index in [-0.39, 0.29) is 11.0 Å². The number of rotatable bonds is 5. The lowest BCUT2D eigenvalue weighted by Crippen LogP contribution is -2.32. The molecule has 20 heavy (non-hydrogen) atoms. The van der Waals surface area contributed by atoms with Crippen LogP contribution in [0, 0.1) is 0 Å². The molecular formula is C15H20O3S2. The minimum absolute atomic E-state index is 0.0376. The van der Waals surface area contributed by atoms with Gasteiger partial charge >= 0.3 is 0 Å². The summed E-state index contributed by atoms with van der Waals surface area (Å²) >= 11 is 3.68. The van der Waals surface area contributed by atoms with Crippen LogP contribution < -0.4 is 9.47 Å². The zero-order valence-electron chi connectivity index (χ0n) is 12.0. The number of thioether (sulfide) groups is 2. The summed E-state index contributed by atoms with van der Waals surface area (Å²) in [5, 5.41) is 0.439. The predicted molar refractivity (Wildman–Crippen MR) is 86.7 cm³/mol. The standard InChI is InChI=1S/C15H20O3S2/c1-4-13-15(20-6-5-19-13)14(16)10-7-11(17-2)9-12(8-10)18-3/h7-9,13,15H,4-6H2,1-3H3. The van der Waals surface area contributed by atoms with E-state index in [4.69, 9.17) is 9.47 Å². The summed E-state index contributed by atoms with van der Waals surface area (Å²) in [4.78, 5) is 12.8. The first kappa shape index (κ1) is 15.6. The molecule has 0 saturated carbocycles. The van der Waals surface area contributed by atoms with Crippen molar-refractivity contribution >= 4 is 29.3 Å². The highest BCUT2D eigenvalue weighted by Crippen LogP contribution is 2.36. The van der Waals surface area contributed by atoms with E-state index < -0.39 is 0 Å². The second kappa shape index (κ2) is 7.27. The van der Waals surface area contributed by atoms with Gasteiger partial charge in [-0.05, 0) is 18.6 Å². The number of carbonyl (C=O) groups is 1. The lowest BCUT2D eigenvalue weighted by Gasteiger charge is -2.28. The van der Waals surface area contributed by atoms with Crippen molar-refractivity contribution in [3.05, 3.63) is 23.8 Å². The van der Waals surface area contributed by atoms with Gasteiger partial charge in [-0.15, -0.1) is 11.8 Å². The summed E-state index contributed by atoms with van der Waals surface area (Å²) in [7, 11) is 3.20. The lowest BCUT2D eigenvalue weighted by molar-refractivity contribution is 0.0987. The fourth-order valence-corrected chi connectivity index (χ4v) is 5.29. The van der Waals surface area contributed by atoms with Crippen LogP contribution in [0.15, 0.2) is 18.2 Å². The molecule has 0 aliphatic carbocycles. The average molecular weight is 312 g/mol. The van der Waals surface area contributed by atoms with Gasteiger partial charge in [-0.3, -0.25) is 4.79 Å². The maximum Gasteiger partial charge on any atom is 0.177 e. The van der Waals surface area contributed by atoms with Crippen molar-refractivity contribution < 1.29 is 14.3 Å². The summed E-state index contributed by atoms with van der Waals surface area (Å²) in [6.07, 6.45) is 1.02. The Hall–Kier alpha value is -0.810. The number of methoxy groups -OCH3 is 2. The average Bonchev–Trinajstić information content (AvgIpc) is 2.53. The monoisotopic (exact) mass is 312 g/mol. The zero-order valence-corrected chi connectivity index (χ0v) is 13.7. The molecule has 1 saturated heterocycles. The molecule has 5 heteroatoms. The third-order valence-electron chi connectivity index (χ3n) is 3.35. The van der Waals surface area contributed by atoms with Gasteiger partial charge in [0.05, 0.1) is 19.5 Å². The van der Waals surface area contributed by atoms with E-state index in [0.29, 0.717) is 22.3 Å². The molecule has 2 atom stereocenters. The topological polar surface area (TPSA) is 35.5 Å². The summed E-state index contributed by atoms with van der Waals surface area (Å²) in [6.45, 7) is 2.15. The third-order valence-corrected chi connectivity index (χ3v) is 6.59. The second-order valence-corrected chi connectivity index (χ2v) is 7.17. The van der Waals surface area contributed by atoms with Crippen LogP contribution in [0.25, 0.3) is 0 Å². The van der Waals surface area contributed by atoms with Crippen LogP contribution in [0.1, 0.15) is 23.7 Å². The van der Waals surface area contributed by atoms with E-state index in [9.17, 15) is 4.79 Å². The number of hydrogen-bond donors (Lipinski definition) is 0. The van der Waals surface area contributed by atoms with Gasteiger partial charge in [0, 0.05) is 28.4 Å². The molecular weight excluding hydrogens is 292 g/mol. The van der Waals surface area contributed by atoms with Crippen LogP contribution in [0.4, 0.5) is 0 Å². The molecule has 1 aromatic carbocycles. The maximum atomic E-state index is 12.8. The van der Waals surface area contributed by atoms with E-state index in [2.05, 4.69) is 6.92 Å². The maximum absolute atomic E-state index is 12.8. The SMILES string of the molecule is CCC1SCCSC1C(=O)c1cc(OC)cc(OC)c1. The van der Waals surface area contributed by atoms with Crippen LogP contribution in [0.5, 0.6) is 11.5 Å². The van der Waals surface area contributed by atoms with Crippen molar-refractivity contribution in [3.8, 4) is 11.5 Å². The quantitative estimate of drug-likeness (QED) is 0.777. The van der Waals surface area contributed by atoms with Crippen LogP contribution >= 0.6 is 23.5 Å². The second-order valence-electron chi connectivity index (χ2n) is 4.57. The Morgan fingerprint density at radius 3 is 2.30 bits per heavy atom. The first-order chi connectivity index (χ1) is 9.69. The minimum atomic E-state index is 0.0376. The van der Waals surface area contributed by atoms with Gasteiger partial charge in [-0.25, -0.2) is 0 Å². The van der Waals surface area contributed by atoms with Gasteiger partial charge in [0.1, 0.15) is 11.5 Å². The first-order valence-electron chi connectivity index (χ1n) is 6.70. The first-order valence-corrected chi connectivity index (χ1v) is 8.79. The van der Waals surface area contributed by atoms with Crippen LogP contribution in [-0.4, -0.2) is 42.0 Å². The molecule has 0 N–H and O–H groups in total. The molecule has 3 nitrogen and oxygen atoms in total. The van der Waals surface area contributed by atoms with Crippen molar-refractivity contribution in [1.29, 1.82) is 0 Å². The van der Waals surface area contributed by atoms with Crippen molar-refractivity contribution in [1.82, 2.24) is 0 Å². The van der Waals surface area contributed by atoms with Crippen LogP contribution in [0.3, 0.4) is 0 Å². The molecule has 0 bridgehead atoms. The number of hydrogen-bond acceptors (Lipinski definition) is 5. The van der Waals surface area contributed by atoms with Gasteiger partial charge < -0.3 is 9.47 Å². The number of carbonyl (C=O) groups excluding carboxylic acids is 1. The van der Waals surface area contributed by atoms with Crippen molar-refractivity contribution in [3.63, 3.8) is 0 Å². The fraction of sp³-hybridized carbons (Fsp3) is 0.533. The number of benzene rings is 1. The van der Waals surface area contributed by atoms with Gasteiger partial charge in [-0.1, -0.05) is 6.92 Å². The Morgan fingerprint density at radius 1 is 1.15 bits per heavy atom. The molecule has 2 rings (SSSR count). The van der Waals surface area contributed by atoms with Gasteiger partial charge in [-0.2, -0.15) is 11.8 Å². The van der Waals surface area contributed by atoms with Crippen LogP contribution in [0.2, 0.25) is 0 Å². The Bertz CT molecular complexity index is 454. The highest BCUT2D eigenvalue weighted by Gasteiger charge is 2.32. The molecule has 110 valence electrons. The minimum Gasteiger partial charge on any atom is -0.497 e. The summed E-state index contributed by atoms with van der Waals surface area (Å²) < 4.78 is 10.5. The number of ketones is 1. The Morgan fingerprint density at radius 2 is 1.75 bits per heavy atom. The lowest BCUT2D eigenvalue weighted by atomic mass is 10.0. The normalized spacial score (nSPS) is 22.4. The van der Waals surface area contributed by atoms with Crippen LogP contribution in [-0.2, 0) is 0 Å². The largest absolute Gasteiger partial charge is 0.497 e. The van der Waals surface area contributed by atoms with E-state index in [1.54, 1.807) is 44.2 Å². The van der Waals surface area contributed by atoms with Gasteiger partial charge in [0.25, 0.3) is 0 Å². The van der Waals surface area contributed by atoms with Gasteiger partial charge in [0.15, 0.2) is 5.78 Å². The van der Waals surface area contributed by atoms with Gasteiger partial charge in [0.2, 0.25) is 0 Å². The molecule has 1 aliphatic rings. The highest BCUT2D eigenvalue weighted by atomic mass is 32.2. The van der Waals surface area contributed by atoms with Crippen molar-refractivity contribution in [2.45, 2.75) is 23.8 Å². The molecule has 1 fully saturated rings. The molecule has 0 amide bonds. The summed E-state index contributed by atoms with van der Waals surface area (Å²) in [6, 6.07) is 5.39. The van der Waals surface area contributed by atoms with E-state index in [0.717, 1.165) is 17.9 Å². The Balaban J connectivity index is 2.27. The molecule has 0 aromatic heterocycles. The molecule has 0 spiro atoms. The zero-order chi connectivity index (χ0) is 14.5. The Kier molecular flexibility index (Phi) is 5.66. The van der Waals surface area contributed by atoms with E-state index in [1.807, 2.05) is 11.8 Å². The fourth-order valence-electron chi connectivity index (χ4n) is 2.26. The predicted octanol–water partition coefficient (Wildman–Crippen LogP) is 3.51. The molecule has 1 heterocycles. The summed E-state index contributed by atoms with van der Waals surface area (Å²) in [5.41, 5.74) is 0.680. The third kappa shape index (κ3) is 3.44. The molecule has 0 radical (unpaired) electrons. The molecule has 1 aromatic rings. The van der Waals surface area contributed by atoms with Crippen molar-refractivity contribution in [2.75, 3.05) is 25.7 Å². The van der Waals surface area contributed by atoms with E-state index in [1.165, 1.54) is 0 Å². The highest BCUT2D eigenvalue weighted by molar-refractivity contribution is 8.07. The number of Topliss-reactive ketones (excluding diaryl/α,β-unsaturated/α-hetero) is 1. The molecule has 1 aliphatic heterocycles. The smallest absolute Gasteiger partial charge is 0.177 e. The number of ether oxygens (including phenoxy) is 2. The molecule has 2 unspecified atom stereocenters. The van der Waals surface area contributed by atoms with Crippen molar-refractivity contribution in [2.24, 2.45) is 0 Å². The Labute approximate surface area is 128 Å².